The van der Waals surface area contributed by atoms with E-state index < -0.39 is 13.4 Å². The molecule has 0 rings (SSSR count). The lowest BCUT2D eigenvalue weighted by molar-refractivity contribution is 0.177. The quantitative estimate of drug-likeness (QED) is 0.492. The Balaban J connectivity index is 4.09. The van der Waals surface area contributed by atoms with Crippen LogP contribution in [0.15, 0.2) is 0 Å². The van der Waals surface area contributed by atoms with Gasteiger partial charge in [-0.1, -0.05) is 0 Å². The molecule has 0 unspecified atom stereocenters. The summed E-state index contributed by atoms with van der Waals surface area (Å²) in [5, 5.41) is 2.18. The SMILES string of the molecule is COC(=O)NP(=O)(CS)CS. The third kappa shape index (κ3) is 3.94. The van der Waals surface area contributed by atoms with Gasteiger partial charge in [-0.25, -0.2) is 4.79 Å². The van der Waals surface area contributed by atoms with Crippen molar-refractivity contribution in [2.45, 2.75) is 0 Å². The highest BCUT2D eigenvalue weighted by atomic mass is 32.1. The van der Waals surface area contributed by atoms with Gasteiger partial charge in [0.15, 0.2) is 7.29 Å². The van der Waals surface area contributed by atoms with Crippen molar-refractivity contribution in [2.24, 2.45) is 0 Å². The van der Waals surface area contributed by atoms with Gasteiger partial charge in [-0.2, -0.15) is 25.3 Å². The maximum absolute atomic E-state index is 11.4. The van der Waals surface area contributed by atoms with Gasteiger partial charge in [0.1, 0.15) is 0 Å². The third-order valence-corrected chi connectivity index (χ3v) is 5.18. The first kappa shape index (κ1) is 11.2. The Hall–Kier alpha value is 0.200. The molecule has 11 heavy (non-hydrogen) atoms. The molecule has 0 aromatic rings. The summed E-state index contributed by atoms with van der Waals surface area (Å²) in [6.07, 6.45) is -0.712. The second kappa shape index (κ2) is 4.95. The van der Waals surface area contributed by atoms with E-state index in [4.69, 9.17) is 0 Å². The van der Waals surface area contributed by atoms with Crippen molar-refractivity contribution in [3.8, 4) is 0 Å². The molecule has 1 amide bonds. The minimum Gasteiger partial charge on any atom is -0.453 e. The molecule has 0 aliphatic heterocycles. The lowest BCUT2D eigenvalue weighted by Gasteiger charge is -2.13. The molecule has 4 nitrogen and oxygen atoms in total. The summed E-state index contributed by atoms with van der Waals surface area (Å²) in [6.45, 7) is 0. The van der Waals surface area contributed by atoms with Crippen LogP contribution in [0.1, 0.15) is 0 Å². The van der Waals surface area contributed by atoms with E-state index >= 15 is 0 Å². The number of hydrogen-bond acceptors (Lipinski definition) is 5. The topological polar surface area (TPSA) is 55.4 Å². The molecule has 0 atom stereocenters. The number of carbonyl (C=O) groups excluding carboxylic acids is 1. The molecule has 1 N–H and O–H groups in total. The summed E-state index contributed by atoms with van der Waals surface area (Å²) in [5.74, 6) is 0. The molecule has 0 spiro atoms. The molecule has 0 radical (unpaired) electrons. The minimum absolute atomic E-state index is 0.0889. The van der Waals surface area contributed by atoms with Crippen LogP contribution in [0.25, 0.3) is 0 Å². The first-order valence-electron chi connectivity index (χ1n) is 2.74. The number of hydrogen-bond donors (Lipinski definition) is 3. The molecule has 0 saturated heterocycles. The van der Waals surface area contributed by atoms with Crippen LogP contribution in [0.4, 0.5) is 4.79 Å². The van der Waals surface area contributed by atoms with Gasteiger partial charge in [-0.15, -0.1) is 0 Å². The summed E-state index contributed by atoms with van der Waals surface area (Å²) >= 11 is 7.62. The van der Waals surface area contributed by atoms with Crippen LogP contribution in [0.2, 0.25) is 0 Å². The van der Waals surface area contributed by atoms with E-state index in [0.717, 1.165) is 0 Å². The average molecular weight is 215 g/mol. The van der Waals surface area contributed by atoms with Crippen LogP contribution in [-0.2, 0) is 9.30 Å². The lowest BCUT2D eigenvalue weighted by Crippen LogP contribution is -2.21. The molecule has 0 aromatic carbocycles. The van der Waals surface area contributed by atoms with Gasteiger partial charge in [0.05, 0.1) is 18.1 Å². The number of ether oxygens (including phenoxy) is 1. The van der Waals surface area contributed by atoms with E-state index in [9.17, 15) is 9.36 Å². The zero-order valence-electron chi connectivity index (χ0n) is 5.98. The van der Waals surface area contributed by atoms with Crippen LogP contribution in [0, 0.1) is 0 Å². The van der Waals surface area contributed by atoms with Gasteiger partial charge >= 0.3 is 6.09 Å². The highest BCUT2D eigenvalue weighted by Crippen LogP contribution is 2.42. The van der Waals surface area contributed by atoms with Gasteiger partial charge < -0.3 is 4.74 Å². The Bertz CT molecular complexity index is 178. The molecule has 0 heterocycles. The summed E-state index contributed by atoms with van der Waals surface area (Å²) in [6, 6.07) is 0. The fourth-order valence-electron chi connectivity index (χ4n) is 0.327. The molecule has 0 aromatic heterocycles. The predicted molar refractivity (Wildman–Crippen MR) is 50.9 cm³/mol. The summed E-state index contributed by atoms with van der Waals surface area (Å²) in [5.41, 5.74) is 0.178. The standard InChI is InChI=1S/C4H10NO3PS2/c1-8-4(6)5-9(7,2-10)3-11/h10-11H,2-3H2,1H3,(H,5,6,7). The maximum atomic E-state index is 11.4. The lowest BCUT2D eigenvalue weighted by atomic mass is 11.2. The van der Waals surface area contributed by atoms with E-state index in [1.54, 1.807) is 0 Å². The van der Waals surface area contributed by atoms with Gasteiger partial charge in [0.25, 0.3) is 0 Å². The average Bonchev–Trinajstić information content (AvgIpc) is 2.04. The number of thiol groups is 2. The Kier molecular flexibility index (Phi) is 5.04. The van der Waals surface area contributed by atoms with Gasteiger partial charge in [0, 0.05) is 0 Å². The first-order chi connectivity index (χ1) is 5.08. The molecule has 0 fully saturated rings. The number of carbonyl (C=O) groups is 1. The Morgan fingerprint density at radius 1 is 1.55 bits per heavy atom. The molecular weight excluding hydrogens is 205 g/mol. The van der Waals surface area contributed by atoms with Crippen LogP contribution in [0.5, 0.6) is 0 Å². The predicted octanol–water partition coefficient (Wildman–Crippen LogP) is 1.40. The smallest absolute Gasteiger partial charge is 0.412 e. The van der Waals surface area contributed by atoms with E-state index in [1.807, 2.05) is 0 Å². The van der Waals surface area contributed by atoms with E-state index in [-0.39, 0.29) is 11.0 Å². The van der Waals surface area contributed by atoms with Crippen LogP contribution in [0.3, 0.4) is 0 Å². The van der Waals surface area contributed by atoms with E-state index in [2.05, 4.69) is 35.1 Å². The van der Waals surface area contributed by atoms with E-state index in [0.29, 0.717) is 0 Å². The largest absolute Gasteiger partial charge is 0.453 e. The molecule has 0 bridgehead atoms. The second-order valence-corrected chi connectivity index (χ2v) is 6.04. The fourth-order valence-corrected chi connectivity index (χ4v) is 2.48. The molecule has 66 valence electrons. The van der Waals surface area contributed by atoms with Gasteiger partial charge in [0.2, 0.25) is 0 Å². The highest BCUT2D eigenvalue weighted by Gasteiger charge is 2.20. The molecule has 0 saturated carbocycles. The second-order valence-electron chi connectivity index (χ2n) is 1.78. The van der Waals surface area contributed by atoms with Crippen LogP contribution in [-0.4, -0.2) is 24.2 Å². The van der Waals surface area contributed by atoms with Crippen molar-refractivity contribution in [2.75, 3.05) is 18.1 Å². The zero-order chi connectivity index (χ0) is 8.91. The first-order valence-corrected chi connectivity index (χ1v) is 6.08. The fraction of sp³-hybridized carbons (Fsp3) is 0.750. The Labute approximate surface area is 76.3 Å². The number of rotatable bonds is 3. The molecular formula is C4H10NO3PS2. The molecule has 0 aliphatic rings. The monoisotopic (exact) mass is 215 g/mol. The third-order valence-electron chi connectivity index (χ3n) is 0.937. The van der Waals surface area contributed by atoms with Crippen molar-refractivity contribution in [1.82, 2.24) is 5.09 Å². The Morgan fingerprint density at radius 3 is 2.27 bits per heavy atom. The number of methoxy groups -OCH3 is 1. The van der Waals surface area contributed by atoms with Crippen molar-refractivity contribution in [3.05, 3.63) is 0 Å². The van der Waals surface area contributed by atoms with Crippen LogP contribution >= 0.6 is 32.6 Å². The van der Waals surface area contributed by atoms with Crippen LogP contribution < -0.4 is 5.09 Å². The summed E-state index contributed by atoms with van der Waals surface area (Å²) in [4.78, 5) is 10.6. The molecule has 0 aliphatic carbocycles. The van der Waals surface area contributed by atoms with Crippen molar-refractivity contribution >= 4 is 38.6 Å². The maximum Gasteiger partial charge on any atom is 0.412 e. The van der Waals surface area contributed by atoms with Gasteiger partial charge in [-0.3, -0.25) is 9.65 Å². The van der Waals surface area contributed by atoms with E-state index in [1.165, 1.54) is 7.11 Å². The van der Waals surface area contributed by atoms with Crippen molar-refractivity contribution < 1.29 is 14.1 Å². The summed E-state index contributed by atoms with van der Waals surface area (Å²) < 4.78 is 15.6. The summed E-state index contributed by atoms with van der Waals surface area (Å²) in [7, 11) is -1.54. The number of amides is 1. The zero-order valence-corrected chi connectivity index (χ0v) is 8.66. The van der Waals surface area contributed by atoms with Crippen molar-refractivity contribution in [1.29, 1.82) is 0 Å². The molecule has 7 heteroatoms. The van der Waals surface area contributed by atoms with Gasteiger partial charge in [-0.05, 0) is 0 Å². The highest BCUT2D eigenvalue weighted by molar-refractivity contribution is 7.97. The Morgan fingerprint density at radius 2 is 2.00 bits per heavy atom. The normalized spacial score (nSPS) is 10.8. The minimum atomic E-state index is -2.75. The van der Waals surface area contributed by atoms with Crippen molar-refractivity contribution in [3.63, 3.8) is 0 Å². The number of nitrogens with one attached hydrogen (secondary N) is 1.